The molecule has 5 rings (SSSR count). The van der Waals surface area contributed by atoms with E-state index >= 15 is 0 Å². The molecule has 3 aromatic rings. The number of nitrogens with zero attached hydrogens (tertiary/aromatic N) is 2. The summed E-state index contributed by atoms with van der Waals surface area (Å²) >= 11 is 1.62. The Kier molecular flexibility index (Phi) is 5.87. The molecular formula is C24H24N4O3S. The number of thiazole rings is 1. The fourth-order valence-electron chi connectivity index (χ4n) is 3.48. The highest BCUT2D eigenvalue weighted by Gasteiger charge is 2.23. The maximum atomic E-state index is 12.4. The first-order valence-electron chi connectivity index (χ1n) is 10.8. The first kappa shape index (κ1) is 20.7. The normalized spacial score (nSPS) is 16.4. The van der Waals surface area contributed by atoms with Crippen LogP contribution in [-0.4, -0.2) is 49.1 Å². The second-order valence-electron chi connectivity index (χ2n) is 7.97. The highest BCUT2D eigenvalue weighted by atomic mass is 32.1. The Balaban J connectivity index is 1.20. The van der Waals surface area contributed by atoms with Crippen LogP contribution in [-0.2, 0) is 9.53 Å². The minimum atomic E-state index is -0.210. The molecule has 1 aromatic heterocycles. The SMILES string of the molecule is O=C(/C=C/c1ccc(C(=O)NC2CC2)cc1)Nc1ccc2nc(N3CCOCC3)sc2c1. The molecule has 1 aliphatic carbocycles. The molecule has 8 heteroatoms. The highest BCUT2D eigenvalue weighted by Crippen LogP contribution is 2.31. The minimum Gasteiger partial charge on any atom is -0.378 e. The molecular weight excluding hydrogens is 424 g/mol. The van der Waals surface area contributed by atoms with Crippen molar-refractivity contribution >= 4 is 50.3 Å². The topological polar surface area (TPSA) is 83.6 Å². The van der Waals surface area contributed by atoms with E-state index in [1.165, 1.54) is 6.08 Å². The van der Waals surface area contributed by atoms with Gasteiger partial charge in [0.05, 0.1) is 23.4 Å². The average molecular weight is 449 g/mol. The van der Waals surface area contributed by atoms with Crippen LogP contribution in [0.5, 0.6) is 0 Å². The van der Waals surface area contributed by atoms with E-state index in [4.69, 9.17) is 9.72 Å². The Morgan fingerprint density at radius 3 is 2.62 bits per heavy atom. The molecule has 1 saturated carbocycles. The van der Waals surface area contributed by atoms with E-state index in [0.717, 1.165) is 65.7 Å². The third-order valence-electron chi connectivity index (χ3n) is 5.44. The van der Waals surface area contributed by atoms with Crippen molar-refractivity contribution in [2.24, 2.45) is 0 Å². The number of carbonyl (C=O) groups excluding carboxylic acids is 2. The van der Waals surface area contributed by atoms with E-state index in [-0.39, 0.29) is 11.8 Å². The smallest absolute Gasteiger partial charge is 0.251 e. The fraction of sp³-hybridized carbons (Fsp3) is 0.292. The van der Waals surface area contributed by atoms with Crippen molar-refractivity contribution in [1.82, 2.24) is 10.3 Å². The maximum absolute atomic E-state index is 12.4. The second-order valence-corrected chi connectivity index (χ2v) is 8.98. The van der Waals surface area contributed by atoms with E-state index in [1.807, 2.05) is 30.3 Å². The van der Waals surface area contributed by atoms with E-state index < -0.39 is 0 Å². The Hall–Kier alpha value is -3.23. The average Bonchev–Trinajstić information content (AvgIpc) is 3.53. The number of carbonyl (C=O) groups is 2. The molecule has 2 heterocycles. The summed E-state index contributed by atoms with van der Waals surface area (Å²) in [5.74, 6) is -0.256. The van der Waals surface area contributed by atoms with Gasteiger partial charge in [0.2, 0.25) is 5.91 Å². The van der Waals surface area contributed by atoms with Gasteiger partial charge in [0.1, 0.15) is 0 Å². The molecule has 0 radical (unpaired) electrons. The second kappa shape index (κ2) is 9.10. The molecule has 1 aliphatic heterocycles. The Morgan fingerprint density at radius 2 is 1.88 bits per heavy atom. The van der Waals surface area contributed by atoms with Crippen LogP contribution in [0.4, 0.5) is 10.8 Å². The van der Waals surface area contributed by atoms with Gasteiger partial charge in [0.25, 0.3) is 5.91 Å². The quantitative estimate of drug-likeness (QED) is 0.562. The van der Waals surface area contributed by atoms with Crippen LogP contribution < -0.4 is 15.5 Å². The van der Waals surface area contributed by atoms with Gasteiger partial charge in [0, 0.05) is 36.5 Å². The number of aromatic nitrogens is 1. The van der Waals surface area contributed by atoms with Crippen LogP contribution >= 0.6 is 11.3 Å². The summed E-state index contributed by atoms with van der Waals surface area (Å²) in [5.41, 5.74) is 3.15. The molecule has 164 valence electrons. The summed E-state index contributed by atoms with van der Waals surface area (Å²) < 4.78 is 6.44. The van der Waals surface area contributed by atoms with Gasteiger partial charge in [-0.25, -0.2) is 4.98 Å². The summed E-state index contributed by atoms with van der Waals surface area (Å²) in [5, 5.41) is 6.86. The molecule has 2 N–H and O–H groups in total. The van der Waals surface area contributed by atoms with Crippen molar-refractivity contribution in [1.29, 1.82) is 0 Å². The van der Waals surface area contributed by atoms with Crippen LogP contribution in [0.3, 0.4) is 0 Å². The van der Waals surface area contributed by atoms with Gasteiger partial charge >= 0.3 is 0 Å². The molecule has 0 unspecified atom stereocenters. The van der Waals surface area contributed by atoms with Gasteiger partial charge in [0.15, 0.2) is 5.13 Å². The lowest BCUT2D eigenvalue weighted by Crippen LogP contribution is -2.36. The lowest BCUT2D eigenvalue weighted by Gasteiger charge is -2.25. The van der Waals surface area contributed by atoms with E-state index in [9.17, 15) is 9.59 Å². The highest BCUT2D eigenvalue weighted by molar-refractivity contribution is 7.22. The molecule has 2 aliphatic rings. The van der Waals surface area contributed by atoms with Gasteiger partial charge in [-0.2, -0.15) is 0 Å². The van der Waals surface area contributed by atoms with Crippen LogP contribution in [0.2, 0.25) is 0 Å². The number of anilines is 2. The number of benzene rings is 2. The van der Waals surface area contributed by atoms with Crippen LogP contribution in [0.1, 0.15) is 28.8 Å². The summed E-state index contributed by atoms with van der Waals surface area (Å²) in [4.78, 5) is 31.4. The van der Waals surface area contributed by atoms with Gasteiger partial charge in [-0.3, -0.25) is 9.59 Å². The summed E-state index contributed by atoms with van der Waals surface area (Å²) in [6, 6.07) is 13.3. The van der Waals surface area contributed by atoms with Gasteiger partial charge in [-0.15, -0.1) is 0 Å². The summed E-state index contributed by atoms with van der Waals surface area (Å²) in [6.07, 6.45) is 5.36. The zero-order chi connectivity index (χ0) is 21.9. The molecule has 7 nitrogen and oxygen atoms in total. The molecule has 2 fully saturated rings. The van der Waals surface area contributed by atoms with E-state index in [0.29, 0.717) is 11.6 Å². The van der Waals surface area contributed by atoms with E-state index in [2.05, 4.69) is 15.5 Å². The Bertz CT molecular complexity index is 1160. The molecule has 2 amide bonds. The molecule has 0 atom stereocenters. The summed E-state index contributed by atoms with van der Waals surface area (Å²) in [6.45, 7) is 3.14. The van der Waals surface area contributed by atoms with Crippen molar-refractivity contribution in [2.45, 2.75) is 18.9 Å². The Morgan fingerprint density at radius 1 is 1.09 bits per heavy atom. The zero-order valence-electron chi connectivity index (χ0n) is 17.5. The van der Waals surface area contributed by atoms with Crippen molar-refractivity contribution in [2.75, 3.05) is 36.5 Å². The zero-order valence-corrected chi connectivity index (χ0v) is 18.4. The van der Waals surface area contributed by atoms with Crippen LogP contribution in [0.25, 0.3) is 16.3 Å². The van der Waals surface area contributed by atoms with Crippen molar-refractivity contribution in [3.8, 4) is 0 Å². The van der Waals surface area contributed by atoms with Crippen LogP contribution in [0.15, 0.2) is 48.5 Å². The first-order valence-corrected chi connectivity index (χ1v) is 11.6. The first-order chi connectivity index (χ1) is 15.6. The van der Waals surface area contributed by atoms with Crippen molar-refractivity contribution in [3.05, 3.63) is 59.7 Å². The number of rotatable bonds is 6. The van der Waals surface area contributed by atoms with Crippen molar-refractivity contribution in [3.63, 3.8) is 0 Å². The minimum absolute atomic E-state index is 0.0454. The largest absolute Gasteiger partial charge is 0.378 e. The molecule has 2 aromatic carbocycles. The third-order valence-corrected chi connectivity index (χ3v) is 6.52. The number of nitrogens with one attached hydrogen (secondary N) is 2. The lowest BCUT2D eigenvalue weighted by atomic mass is 10.1. The van der Waals surface area contributed by atoms with Crippen LogP contribution in [0, 0.1) is 0 Å². The number of morpholine rings is 1. The predicted octanol–water partition coefficient (Wildman–Crippen LogP) is 3.68. The number of hydrogen-bond acceptors (Lipinski definition) is 6. The monoisotopic (exact) mass is 448 g/mol. The van der Waals surface area contributed by atoms with Gasteiger partial charge in [-0.05, 0) is 54.8 Å². The Labute approximate surface area is 190 Å². The maximum Gasteiger partial charge on any atom is 0.251 e. The standard InChI is InChI=1S/C24H24N4O3S/c29-22(10-3-16-1-4-17(5-2-16)23(30)26-18-6-7-18)25-19-8-9-20-21(15-19)32-24(27-20)28-11-13-31-14-12-28/h1-5,8-10,15,18H,6-7,11-14H2,(H,25,29)(H,26,30)/b10-3+. The molecule has 0 spiro atoms. The molecule has 0 bridgehead atoms. The third kappa shape index (κ3) is 4.98. The fourth-order valence-corrected chi connectivity index (χ4v) is 4.53. The number of ether oxygens (including phenoxy) is 1. The van der Waals surface area contributed by atoms with Crippen molar-refractivity contribution < 1.29 is 14.3 Å². The predicted molar refractivity (Wildman–Crippen MR) is 127 cm³/mol. The molecule has 32 heavy (non-hydrogen) atoms. The number of fused-ring (bicyclic) bond motifs is 1. The van der Waals surface area contributed by atoms with Gasteiger partial charge < -0.3 is 20.3 Å². The lowest BCUT2D eigenvalue weighted by molar-refractivity contribution is -0.111. The van der Waals surface area contributed by atoms with E-state index in [1.54, 1.807) is 29.5 Å². The molecule has 1 saturated heterocycles. The number of amides is 2. The number of hydrogen-bond donors (Lipinski definition) is 2. The van der Waals surface area contributed by atoms with Gasteiger partial charge in [-0.1, -0.05) is 23.5 Å². The summed E-state index contributed by atoms with van der Waals surface area (Å²) in [7, 11) is 0.